The van der Waals surface area contributed by atoms with Crippen LogP contribution in [0.15, 0.2) is 29.2 Å². The molecule has 130 valence electrons. The molecule has 0 amide bonds. The number of carbonyl (C=O) groups excluding carboxylic acids is 1. The minimum atomic E-state index is -3.91. The summed E-state index contributed by atoms with van der Waals surface area (Å²) >= 11 is 0. The van der Waals surface area contributed by atoms with Crippen molar-refractivity contribution in [3.8, 4) is 0 Å². The van der Waals surface area contributed by atoms with E-state index in [4.69, 9.17) is 8.92 Å². The highest BCUT2D eigenvalue weighted by Crippen LogP contribution is 2.50. The van der Waals surface area contributed by atoms with Crippen molar-refractivity contribution in [2.45, 2.75) is 43.2 Å². The third kappa shape index (κ3) is 2.29. The molecule has 0 bridgehead atoms. The van der Waals surface area contributed by atoms with Gasteiger partial charge in [0.1, 0.15) is 11.5 Å². The first-order valence-electron chi connectivity index (χ1n) is 8.35. The molecule has 0 radical (unpaired) electrons. The molecular formula is C17H21NO5S. The van der Waals surface area contributed by atoms with Crippen molar-refractivity contribution in [3.63, 3.8) is 0 Å². The highest BCUT2D eigenvalue weighted by molar-refractivity contribution is 7.86. The topological polar surface area (TPSA) is 72.9 Å². The van der Waals surface area contributed by atoms with Crippen LogP contribution in [0.4, 0.5) is 0 Å². The van der Waals surface area contributed by atoms with Gasteiger partial charge in [0, 0.05) is 19.0 Å². The molecule has 3 fully saturated rings. The fourth-order valence-corrected chi connectivity index (χ4v) is 5.51. The number of hydrogen-bond donors (Lipinski definition) is 0. The number of benzene rings is 1. The van der Waals surface area contributed by atoms with Crippen molar-refractivity contribution in [3.05, 3.63) is 29.8 Å². The van der Waals surface area contributed by atoms with Gasteiger partial charge in [-0.05, 0) is 38.4 Å². The van der Waals surface area contributed by atoms with Gasteiger partial charge in [0.05, 0.1) is 11.5 Å². The highest BCUT2D eigenvalue weighted by atomic mass is 32.2. The second-order valence-electron chi connectivity index (χ2n) is 6.93. The third-order valence-corrected chi connectivity index (χ3v) is 6.95. The Morgan fingerprint density at radius 2 is 2.04 bits per heavy atom. The van der Waals surface area contributed by atoms with Gasteiger partial charge in [-0.15, -0.1) is 0 Å². The number of cyclic esters (lactones) is 1. The quantitative estimate of drug-likeness (QED) is 0.607. The van der Waals surface area contributed by atoms with Crippen LogP contribution in [-0.2, 0) is 23.8 Å². The maximum absolute atomic E-state index is 12.7. The molecule has 0 aliphatic carbocycles. The van der Waals surface area contributed by atoms with E-state index in [1.807, 2.05) is 6.92 Å². The minimum Gasteiger partial charge on any atom is -0.465 e. The molecule has 3 heterocycles. The van der Waals surface area contributed by atoms with Crippen LogP contribution in [-0.4, -0.2) is 51.1 Å². The van der Waals surface area contributed by atoms with Crippen molar-refractivity contribution in [2.24, 2.45) is 5.41 Å². The first-order valence-corrected chi connectivity index (χ1v) is 9.75. The number of rotatable bonds is 3. The van der Waals surface area contributed by atoms with Crippen LogP contribution < -0.4 is 0 Å². The SMILES string of the molecule is Cc1ccc(S(=O)(=O)O[C@H]2CN3CCC[C@@H]3[C@]23CCOC3=O)cc1. The maximum atomic E-state index is 12.7. The summed E-state index contributed by atoms with van der Waals surface area (Å²) in [6.07, 6.45) is 1.77. The minimum absolute atomic E-state index is 0.0331. The molecule has 1 aromatic carbocycles. The summed E-state index contributed by atoms with van der Waals surface area (Å²) in [5.74, 6) is -0.305. The van der Waals surface area contributed by atoms with Crippen LogP contribution in [0.5, 0.6) is 0 Å². The van der Waals surface area contributed by atoms with E-state index in [0.29, 0.717) is 19.6 Å². The second-order valence-corrected chi connectivity index (χ2v) is 8.50. The molecular weight excluding hydrogens is 330 g/mol. The lowest BCUT2D eigenvalue weighted by molar-refractivity contribution is -0.150. The van der Waals surface area contributed by atoms with Crippen molar-refractivity contribution in [1.29, 1.82) is 0 Å². The lowest BCUT2D eigenvalue weighted by Gasteiger charge is -2.30. The van der Waals surface area contributed by atoms with E-state index in [0.717, 1.165) is 24.9 Å². The molecule has 1 aromatic rings. The van der Waals surface area contributed by atoms with Crippen molar-refractivity contribution < 1.29 is 22.1 Å². The van der Waals surface area contributed by atoms with Crippen LogP contribution >= 0.6 is 0 Å². The van der Waals surface area contributed by atoms with E-state index >= 15 is 0 Å². The maximum Gasteiger partial charge on any atom is 0.316 e. The van der Waals surface area contributed by atoms with Gasteiger partial charge in [-0.2, -0.15) is 8.42 Å². The van der Waals surface area contributed by atoms with Gasteiger partial charge >= 0.3 is 5.97 Å². The van der Waals surface area contributed by atoms with E-state index in [2.05, 4.69) is 4.90 Å². The lowest BCUT2D eigenvalue weighted by Crippen LogP contribution is -2.46. The number of fused-ring (bicyclic) bond motifs is 2. The van der Waals surface area contributed by atoms with E-state index in [1.54, 1.807) is 24.3 Å². The molecule has 0 saturated carbocycles. The Kier molecular flexibility index (Phi) is 3.71. The molecule has 3 atom stereocenters. The van der Waals surface area contributed by atoms with Crippen LogP contribution in [0.3, 0.4) is 0 Å². The summed E-state index contributed by atoms with van der Waals surface area (Å²) in [5, 5.41) is 0. The molecule has 6 nitrogen and oxygen atoms in total. The average molecular weight is 351 g/mol. The Hall–Kier alpha value is -1.44. The largest absolute Gasteiger partial charge is 0.465 e. The molecule has 0 unspecified atom stereocenters. The Balaban J connectivity index is 1.66. The van der Waals surface area contributed by atoms with Gasteiger partial charge in [-0.3, -0.25) is 13.9 Å². The Labute approximate surface area is 141 Å². The predicted octanol–water partition coefficient (Wildman–Crippen LogP) is 1.48. The summed E-state index contributed by atoms with van der Waals surface area (Å²) < 4.78 is 36.2. The first-order chi connectivity index (χ1) is 11.4. The molecule has 3 saturated heterocycles. The van der Waals surface area contributed by atoms with Gasteiger partial charge in [0.2, 0.25) is 0 Å². The fourth-order valence-electron chi connectivity index (χ4n) is 4.39. The smallest absolute Gasteiger partial charge is 0.316 e. The third-order valence-electron chi connectivity index (χ3n) is 5.61. The Morgan fingerprint density at radius 1 is 1.29 bits per heavy atom. The number of nitrogens with zero attached hydrogens (tertiary/aromatic N) is 1. The van der Waals surface area contributed by atoms with E-state index in [1.165, 1.54) is 0 Å². The molecule has 3 aliphatic rings. The van der Waals surface area contributed by atoms with Gasteiger partial charge < -0.3 is 4.74 Å². The Bertz CT molecular complexity index is 760. The predicted molar refractivity (Wildman–Crippen MR) is 85.8 cm³/mol. The number of esters is 1. The zero-order chi connectivity index (χ0) is 16.9. The molecule has 7 heteroatoms. The monoisotopic (exact) mass is 351 g/mol. The van der Waals surface area contributed by atoms with Crippen LogP contribution in [0, 0.1) is 12.3 Å². The molecule has 0 aromatic heterocycles. The zero-order valence-electron chi connectivity index (χ0n) is 13.6. The molecule has 1 spiro atoms. The van der Waals surface area contributed by atoms with Crippen LogP contribution in [0.1, 0.15) is 24.8 Å². The molecule has 4 rings (SSSR count). The standard InChI is InChI=1S/C17H21NO5S/c1-12-4-6-13(7-5-12)24(20,21)23-15-11-18-9-2-3-14(18)17(15)8-10-22-16(17)19/h4-7,14-15H,2-3,8-11H2,1H3/t14-,15+,17-/m1/s1. The fraction of sp³-hybridized carbons (Fsp3) is 0.588. The molecule has 24 heavy (non-hydrogen) atoms. The van der Waals surface area contributed by atoms with Gasteiger partial charge in [-0.1, -0.05) is 17.7 Å². The lowest BCUT2D eigenvalue weighted by atomic mass is 9.76. The number of hydrogen-bond acceptors (Lipinski definition) is 6. The number of aryl methyl sites for hydroxylation is 1. The number of carbonyl (C=O) groups is 1. The van der Waals surface area contributed by atoms with Crippen LogP contribution in [0.25, 0.3) is 0 Å². The summed E-state index contributed by atoms with van der Waals surface area (Å²) in [7, 11) is -3.91. The van der Waals surface area contributed by atoms with E-state index in [-0.39, 0.29) is 16.9 Å². The second kappa shape index (κ2) is 5.54. The number of ether oxygens (including phenoxy) is 1. The van der Waals surface area contributed by atoms with Gasteiger partial charge in [-0.25, -0.2) is 0 Å². The van der Waals surface area contributed by atoms with E-state index in [9.17, 15) is 13.2 Å². The summed E-state index contributed by atoms with van der Waals surface area (Å²) in [6, 6.07) is 6.59. The van der Waals surface area contributed by atoms with Crippen molar-refractivity contribution in [2.75, 3.05) is 19.7 Å². The van der Waals surface area contributed by atoms with Gasteiger partial charge in [0.25, 0.3) is 10.1 Å². The normalized spacial score (nSPS) is 33.1. The Morgan fingerprint density at radius 3 is 2.71 bits per heavy atom. The van der Waals surface area contributed by atoms with Crippen LogP contribution in [0.2, 0.25) is 0 Å². The summed E-state index contributed by atoms with van der Waals surface area (Å²) in [4.78, 5) is 14.8. The molecule has 3 aliphatic heterocycles. The highest BCUT2D eigenvalue weighted by Gasteiger charge is 2.64. The zero-order valence-corrected chi connectivity index (χ0v) is 14.4. The summed E-state index contributed by atoms with van der Waals surface area (Å²) in [5.41, 5.74) is 0.139. The van der Waals surface area contributed by atoms with Gasteiger partial charge in [0.15, 0.2) is 0 Å². The average Bonchev–Trinajstić information content (AvgIpc) is 3.19. The summed E-state index contributed by atoms with van der Waals surface area (Å²) in [6.45, 7) is 3.58. The first kappa shape index (κ1) is 16.1. The van der Waals surface area contributed by atoms with E-state index < -0.39 is 21.6 Å². The van der Waals surface area contributed by atoms with Crippen molar-refractivity contribution >= 4 is 16.1 Å². The van der Waals surface area contributed by atoms with Crippen molar-refractivity contribution in [1.82, 2.24) is 4.90 Å². The molecule has 0 N–H and O–H groups in total.